The van der Waals surface area contributed by atoms with Crippen LogP contribution in [0.15, 0.2) is 57.5 Å². The summed E-state index contributed by atoms with van der Waals surface area (Å²) in [5.41, 5.74) is 0.763. The van der Waals surface area contributed by atoms with Crippen LogP contribution in [0.1, 0.15) is 22.3 Å². The lowest BCUT2D eigenvalue weighted by molar-refractivity contribution is -0.385. The average molecular weight is 447 g/mol. The number of hydrogen-bond acceptors (Lipinski definition) is 8. The normalized spacial score (nSPS) is 10.8. The first-order valence-corrected chi connectivity index (χ1v) is 9.93. The van der Waals surface area contributed by atoms with E-state index in [0.717, 1.165) is 10.1 Å². The largest absolute Gasteiger partial charge is 0.497 e. The molecule has 0 aliphatic rings. The Morgan fingerprint density at radius 1 is 1.18 bits per heavy atom. The summed E-state index contributed by atoms with van der Waals surface area (Å²) in [7, 11) is 1.56. The molecule has 0 atom stereocenters. The lowest BCUT2D eigenvalue weighted by Crippen LogP contribution is -2.22. The Kier molecular flexibility index (Phi) is 6.83. The van der Waals surface area contributed by atoms with Gasteiger partial charge < -0.3 is 9.84 Å². The Bertz CT molecular complexity index is 1340. The summed E-state index contributed by atoms with van der Waals surface area (Å²) in [5.74, 6) is 0.248. The van der Waals surface area contributed by atoms with Gasteiger partial charge >= 0.3 is 0 Å². The molecular formula is C23H21N5O5. The molecule has 1 heterocycles. The number of aryl methyl sites for hydroxylation is 2. The number of nitrogens with zero attached hydrogens (tertiary/aromatic N) is 5. The fourth-order valence-electron chi connectivity index (χ4n) is 3.26. The summed E-state index contributed by atoms with van der Waals surface area (Å²) in [6, 6.07) is 13.5. The Labute approximate surface area is 189 Å². The number of nitriles is 1. The predicted octanol–water partition coefficient (Wildman–Crippen LogP) is 4.62. The van der Waals surface area contributed by atoms with Crippen LogP contribution in [0.3, 0.4) is 0 Å². The highest BCUT2D eigenvalue weighted by atomic mass is 16.6. The first kappa shape index (κ1) is 23.1. The van der Waals surface area contributed by atoms with E-state index in [1.807, 2.05) is 18.2 Å². The van der Waals surface area contributed by atoms with Crippen molar-refractivity contribution in [3.8, 4) is 17.7 Å². The van der Waals surface area contributed by atoms with E-state index in [9.17, 15) is 25.3 Å². The van der Waals surface area contributed by atoms with Crippen molar-refractivity contribution in [2.45, 2.75) is 26.8 Å². The summed E-state index contributed by atoms with van der Waals surface area (Å²) in [4.78, 5) is 23.7. The van der Waals surface area contributed by atoms with E-state index in [-0.39, 0.29) is 34.7 Å². The van der Waals surface area contributed by atoms with Crippen LogP contribution in [0.25, 0.3) is 0 Å². The molecule has 1 N–H and O–H groups in total. The lowest BCUT2D eigenvalue weighted by atomic mass is 10.1. The van der Waals surface area contributed by atoms with Gasteiger partial charge in [0.05, 0.1) is 17.7 Å². The Morgan fingerprint density at radius 3 is 2.48 bits per heavy atom. The summed E-state index contributed by atoms with van der Waals surface area (Å²) >= 11 is 0. The van der Waals surface area contributed by atoms with Crippen molar-refractivity contribution in [3.05, 3.63) is 85.2 Å². The molecule has 0 saturated carbocycles. The van der Waals surface area contributed by atoms with Gasteiger partial charge in [0, 0.05) is 23.7 Å². The summed E-state index contributed by atoms with van der Waals surface area (Å²) in [6.07, 6.45) is 0.409. The molecule has 0 unspecified atom stereocenters. The topological polar surface area (TPSA) is 143 Å². The molecular weight excluding hydrogens is 426 g/mol. The molecule has 10 nitrogen and oxygen atoms in total. The highest BCUT2D eigenvalue weighted by Crippen LogP contribution is 2.29. The van der Waals surface area contributed by atoms with Gasteiger partial charge in [-0.15, -0.1) is 5.11 Å². The number of azo groups is 1. The van der Waals surface area contributed by atoms with Crippen LogP contribution < -0.4 is 10.3 Å². The van der Waals surface area contributed by atoms with Gasteiger partial charge in [-0.1, -0.05) is 18.2 Å². The minimum Gasteiger partial charge on any atom is -0.497 e. The van der Waals surface area contributed by atoms with Gasteiger partial charge in [0.1, 0.15) is 17.4 Å². The second kappa shape index (κ2) is 9.74. The molecule has 0 aliphatic heterocycles. The second-order valence-electron chi connectivity index (χ2n) is 7.27. The smallest absolute Gasteiger partial charge is 0.281 e. The Hall–Kier alpha value is -4.52. The number of hydrogen-bond donors (Lipinski definition) is 1. The standard InChI is InChI=1S/C23H21N5O5/c1-14-4-7-17(12-20(14)28(31)32)25-26-21-15(2)19(13-24)22(29)27(23(21)30)11-10-16-5-8-18(33-3)9-6-16/h4-9,12,29H,10-11H2,1-3H3. The van der Waals surface area contributed by atoms with Crippen LogP contribution >= 0.6 is 0 Å². The van der Waals surface area contributed by atoms with Crippen molar-refractivity contribution in [1.82, 2.24) is 4.57 Å². The van der Waals surface area contributed by atoms with Gasteiger partial charge in [-0.3, -0.25) is 19.5 Å². The molecule has 3 rings (SSSR count). The molecule has 0 saturated heterocycles. The van der Waals surface area contributed by atoms with Gasteiger partial charge in [-0.05, 0) is 44.0 Å². The first-order chi connectivity index (χ1) is 15.8. The van der Waals surface area contributed by atoms with E-state index >= 15 is 0 Å². The number of nitro groups is 1. The third-order valence-corrected chi connectivity index (χ3v) is 5.21. The number of aromatic hydroxyl groups is 1. The van der Waals surface area contributed by atoms with Gasteiger partial charge in [0.25, 0.3) is 11.2 Å². The third-order valence-electron chi connectivity index (χ3n) is 5.21. The Balaban J connectivity index is 1.99. The van der Waals surface area contributed by atoms with Crippen molar-refractivity contribution in [3.63, 3.8) is 0 Å². The lowest BCUT2D eigenvalue weighted by Gasteiger charge is -2.13. The van der Waals surface area contributed by atoms with Crippen molar-refractivity contribution in [1.29, 1.82) is 5.26 Å². The molecule has 0 radical (unpaired) electrons. The molecule has 10 heteroatoms. The van der Waals surface area contributed by atoms with E-state index in [2.05, 4.69) is 10.2 Å². The summed E-state index contributed by atoms with van der Waals surface area (Å²) in [5, 5.41) is 39.1. The zero-order valence-electron chi connectivity index (χ0n) is 18.3. The molecule has 0 spiro atoms. The molecule has 3 aromatic rings. The number of pyridine rings is 1. The van der Waals surface area contributed by atoms with Crippen LogP contribution in [0.4, 0.5) is 17.1 Å². The highest BCUT2D eigenvalue weighted by Gasteiger charge is 2.19. The second-order valence-corrected chi connectivity index (χ2v) is 7.27. The third kappa shape index (κ3) is 4.88. The fraction of sp³-hybridized carbons (Fsp3) is 0.217. The van der Waals surface area contributed by atoms with Gasteiger partial charge in [-0.2, -0.15) is 10.4 Å². The highest BCUT2D eigenvalue weighted by molar-refractivity contribution is 5.57. The van der Waals surface area contributed by atoms with Crippen LogP contribution in [0, 0.1) is 35.3 Å². The minimum atomic E-state index is -0.622. The zero-order chi connectivity index (χ0) is 24.1. The van der Waals surface area contributed by atoms with Crippen LogP contribution in [-0.2, 0) is 13.0 Å². The van der Waals surface area contributed by atoms with Crippen molar-refractivity contribution >= 4 is 17.1 Å². The molecule has 0 fully saturated rings. The number of benzene rings is 2. The van der Waals surface area contributed by atoms with Crippen molar-refractivity contribution in [2.75, 3.05) is 7.11 Å². The Morgan fingerprint density at radius 2 is 1.88 bits per heavy atom. The monoisotopic (exact) mass is 447 g/mol. The number of methoxy groups -OCH3 is 1. The molecule has 0 amide bonds. The quantitative estimate of drug-likeness (QED) is 0.318. The van der Waals surface area contributed by atoms with E-state index in [4.69, 9.17) is 4.74 Å². The molecule has 1 aromatic heterocycles. The molecule has 33 heavy (non-hydrogen) atoms. The van der Waals surface area contributed by atoms with Crippen LogP contribution in [-0.4, -0.2) is 21.7 Å². The van der Waals surface area contributed by atoms with Gasteiger partial charge in [0.2, 0.25) is 5.88 Å². The maximum Gasteiger partial charge on any atom is 0.281 e. The van der Waals surface area contributed by atoms with E-state index in [0.29, 0.717) is 17.7 Å². The maximum atomic E-state index is 13.1. The van der Waals surface area contributed by atoms with E-state index in [1.165, 1.54) is 25.1 Å². The molecule has 0 aliphatic carbocycles. The summed E-state index contributed by atoms with van der Waals surface area (Å²) < 4.78 is 6.20. The number of ether oxygens (including phenoxy) is 1. The molecule has 168 valence electrons. The SMILES string of the molecule is COc1ccc(CCn2c(O)c(C#N)c(C)c(N=Nc3ccc(C)c([N+](=O)[O-])c3)c2=O)cc1. The minimum absolute atomic E-state index is 0.0897. The van der Waals surface area contributed by atoms with E-state index < -0.39 is 16.4 Å². The number of rotatable bonds is 7. The molecule has 2 aromatic carbocycles. The number of nitro benzene ring substituents is 1. The number of aromatic nitrogens is 1. The van der Waals surface area contributed by atoms with Crippen LogP contribution in [0.2, 0.25) is 0 Å². The summed E-state index contributed by atoms with van der Waals surface area (Å²) in [6.45, 7) is 3.19. The van der Waals surface area contributed by atoms with Gasteiger partial charge in [0.15, 0.2) is 5.69 Å². The predicted molar refractivity (Wildman–Crippen MR) is 121 cm³/mol. The van der Waals surface area contributed by atoms with Gasteiger partial charge in [-0.25, -0.2) is 0 Å². The zero-order valence-corrected chi connectivity index (χ0v) is 18.3. The van der Waals surface area contributed by atoms with Crippen molar-refractivity contribution < 1.29 is 14.8 Å². The van der Waals surface area contributed by atoms with E-state index in [1.54, 1.807) is 26.2 Å². The van der Waals surface area contributed by atoms with Crippen LogP contribution in [0.5, 0.6) is 11.6 Å². The maximum absolute atomic E-state index is 13.1. The molecule has 0 bridgehead atoms. The first-order valence-electron chi connectivity index (χ1n) is 9.93. The average Bonchev–Trinajstić information content (AvgIpc) is 2.80. The fourth-order valence-corrected chi connectivity index (χ4v) is 3.26. The van der Waals surface area contributed by atoms with Crippen molar-refractivity contribution in [2.24, 2.45) is 10.2 Å².